The Bertz CT molecular complexity index is 811. The summed E-state index contributed by atoms with van der Waals surface area (Å²) in [6.07, 6.45) is 2.46. The predicted molar refractivity (Wildman–Crippen MR) is 93.5 cm³/mol. The van der Waals surface area contributed by atoms with Gasteiger partial charge in [-0.15, -0.1) is 0 Å². The van der Waals surface area contributed by atoms with Crippen molar-refractivity contribution in [3.05, 3.63) is 54.5 Å². The average molecular weight is 358 g/mol. The molecule has 2 amide bonds. The van der Waals surface area contributed by atoms with E-state index in [0.717, 1.165) is 5.69 Å². The Balaban J connectivity index is 1.58. The van der Waals surface area contributed by atoms with Crippen LogP contribution >= 0.6 is 0 Å². The minimum atomic E-state index is -1.28. The number of amides is 2. The van der Waals surface area contributed by atoms with Gasteiger partial charge in [0.2, 0.25) is 5.91 Å². The first-order valence-electron chi connectivity index (χ1n) is 8.21. The fourth-order valence-electron chi connectivity index (χ4n) is 3.66. The third-order valence-electron chi connectivity index (χ3n) is 4.91. The van der Waals surface area contributed by atoms with Gasteiger partial charge in [-0.1, -0.05) is 18.2 Å². The van der Waals surface area contributed by atoms with Crippen molar-refractivity contribution < 1.29 is 18.2 Å². The fourth-order valence-corrected chi connectivity index (χ4v) is 5.33. The minimum Gasteiger partial charge on any atom is -0.459 e. The van der Waals surface area contributed by atoms with Crippen LogP contribution in [0.4, 0.5) is 5.69 Å². The summed E-state index contributed by atoms with van der Waals surface area (Å²) in [6.45, 7) is 0.893. The summed E-state index contributed by atoms with van der Waals surface area (Å²) in [4.78, 5) is 27.6. The second-order valence-electron chi connectivity index (χ2n) is 6.27. The smallest absolute Gasteiger partial charge is 0.289 e. The molecule has 0 radical (unpaired) electrons. The summed E-state index contributed by atoms with van der Waals surface area (Å²) in [5.41, 5.74) is 0.768. The van der Waals surface area contributed by atoms with Crippen LogP contribution in [0.15, 0.2) is 53.1 Å². The second-order valence-corrected chi connectivity index (χ2v) is 8.01. The van der Waals surface area contributed by atoms with Crippen molar-refractivity contribution in [1.82, 2.24) is 4.90 Å². The maximum atomic E-state index is 12.8. The molecule has 2 saturated heterocycles. The topological polar surface area (TPSA) is 70.8 Å². The number of benzene rings is 1. The molecule has 0 saturated carbocycles. The van der Waals surface area contributed by atoms with Crippen LogP contribution in [0.25, 0.3) is 0 Å². The largest absolute Gasteiger partial charge is 0.459 e. The molecule has 2 aliphatic rings. The highest BCUT2D eigenvalue weighted by Crippen LogP contribution is 2.40. The van der Waals surface area contributed by atoms with Crippen molar-refractivity contribution in [3.63, 3.8) is 0 Å². The Morgan fingerprint density at radius 1 is 1.08 bits per heavy atom. The van der Waals surface area contributed by atoms with Crippen molar-refractivity contribution in [2.75, 3.05) is 23.7 Å². The zero-order chi connectivity index (χ0) is 17.4. The van der Waals surface area contributed by atoms with E-state index in [1.807, 2.05) is 30.3 Å². The number of rotatable bonds is 2. The lowest BCUT2D eigenvalue weighted by atomic mass is 10.0. The number of nitrogens with zero attached hydrogens (tertiary/aromatic N) is 2. The van der Waals surface area contributed by atoms with Crippen LogP contribution in [0.1, 0.15) is 23.4 Å². The van der Waals surface area contributed by atoms with Crippen LogP contribution in [-0.2, 0) is 15.6 Å². The Hall–Kier alpha value is -2.41. The first-order valence-corrected chi connectivity index (χ1v) is 9.53. The Morgan fingerprint density at radius 2 is 1.80 bits per heavy atom. The summed E-state index contributed by atoms with van der Waals surface area (Å²) in [5, 5.41) is 0. The summed E-state index contributed by atoms with van der Waals surface area (Å²) in [6, 6.07) is 12.7. The number of furan rings is 1. The van der Waals surface area contributed by atoms with Crippen LogP contribution in [0.5, 0.6) is 0 Å². The molecule has 130 valence electrons. The molecule has 1 aromatic heterocycles. The maximum Gasteiger partial charge on any atom is 0.289 e. The highest BCUT2D eigenvalue weighted by molar-refractivity contribution is 7.88. The summed E-state index contributed by atoms with van der Waals surface area (Å²) >= 11 is 0. The van der Waals surface area contributed by atoms with E-state index < -0.39 is 15.7 Å². The van der Waals surface area contributed by atoms with E-state index in [1.54, 1.807) is 21.9 Å². The Kier molecular flexibility index (Phi) is 3.95. The van der Waals surface area contributed by atoms with E-state index in [1.165, 1.54) is 6.26 Å². The van der Waals surface area contributed by atoms with Gasteiger partial charge in [-0.2, -0.15) is 0 Å². The molecule has 2 fully saturated rings. The molecule has 3 heterocycles. The number of hydrogen-bond donors (Lipinski definition) is 0. The molecule has 0 aliphatic carbocycles. The van der Waals surface area contributed by atoms with Gasteiger partial charge in [0, 0.05) is 31.6 Å². The molecule has 1 unspecified atom stereocenters. The van der Waals surface area contributed by atoms with E-state index in [9.17, 15) is 13.8 Å². The van der Waals surface area contributed by atoms with Gasteiger partial charge in [-0.05, 0) is 24.3 Å². The molecule has 2 aromatic rings. The third-order valence-corrected chi connectivity index (χ3v) is 6.86. The zero-order valence-electron chi connectivity index (χ0n) is 13.6. The van der Waals surface area contributed by atoms with Crippen molar-refractivity contribution in [1.29, 1.82) is 0 Å². The average Bonchev–Trinajstić information content (AvgIpc) is 3.24. The number of hydrogen-bond acceptors (Lipinski definition) is 4. The van der Waals surface area contributed by atoms with E-state index in [-0.39, 0.29) is 17.6 Å². The molecule has 0 bridgehead atoms. The predicted octanol–water partition coefficient (Wildman–Crippen LogP) is 2.01. The first kappa shape index (κ1) is 16.1. The van der Waals surface area contributed by atoms with Gasteiger partial charge in [-0.25, -0.2) is 0 Å². The van der Waals surface area contributed by atoms with E-state index in [4.69, 9.17) is 4.42 Å². The minimum absolute atomic E-state index is 0.0427. The van der Waals surface area contributed by atoms with Gasteiger partial charge in [0.25, 0.3) is 5.91 Å². The van der Waals surface area contributed by atoms with Gasteiger partial charge >= 0.3 is 0 Å². The van der Waals surface area contributed by atoms with Gasteiger partial charge in [0.15, 0.2) is 5.76 Å². The van der Waals surface area contributed by atoms with E-state index in [2.05, 4.69) is 0 Å². The highest BCUT2D eigenvalue weighted by Gasteiger charge is 2.53. The van der Waals surface area contributed by atoms with Crippen LogP contribution in [0, 0.1) is 0 Å². The van der Waals surface area contributed by atoms with E-state index >= 15 is 0 Å². The molecule has 1 spiro atoms. The second kappa shape index (κ2) is 6.15. The SMILES string of the molecule is O=C(c1ccco1)N1CCC2(CC1)N(c1ccccc1)C(=O)CS2=O. The molecule has 2 aliphatic heterocycles. The number of carbonyl (C=O) groups is 2. The van der Waals surface area contributed by atoms with Gasteiger partial charge in [-0.3, -0.25) is 18.7 Å². The molecular weight excluding hydrogens is 340 g/mol. The number of carbonyl (C=O) groups excluding carboxylic acids is 2. The van der Waals surface area contributed by atoms with Crippen LogP contribution in [0.2, 0.25) is 0 Å². The van der Waals surface area contributed by atoms with E-state index in [0.29, 0.717) is 31.7 Å². The number of likely N-dealkylation sites (tertiary alicyclic amines) is 1. The van der Waals surface area contributed by atoms with Crippen LogP contribution in [-0.4, -0.2) is 44.6 Å². The number of piperidine rings is 1. The van der Waals surface area contributed by atoms with Crippen molar-refractivity contribution >= 4 is 28.3 Å². The van der Waals surface area contributed by atoms with Gasteiger partial charge in [0.05, 0.1) is 17.1 Å². The molecule has 1 atom stereocenters. The maximum absolute atomic E-state index is 12.8. The lowest BCUT2D eigenvalue weighted by molar-refractivity contribution is -0.116. The Labute approximate surface area is 147 Å². The molecule has 7 heteroatoms. The standard InChI is InChI=1S/C18H18N2O4S/c21-16-13-25(23)18(20(16)14-5-2-1-3-6-14)8-10-19(11-9-18)17(22)15-7-4-12-24-15/h1-7,12H,8-11,13H2. The quantitative estimate of drug-likeness (QED) is 0.823. The lowest BCUT2D eigenvalue weighted by Gasteiger charge is -2.43. The van der Waals surface area contributed by atoms with Gasteiger partial charge < -0.3 is 9.32 Å². The summed E-state index contributed by atoms with van der Waals surface area (Å²) < 4.78 is 18.0. The molecule has 25 heavy (non-hydrogen) atoms. The Morgan fingerprint density at radius 3 is 2.44 bits per heavy atom. The van der Waals surface area contributed by atoms with Crippen molar-refractivity contribution in [2.45, 2.75) is 17.7 Å². The first-order chi connectivity index (χ1) is 12.1. The van der Waals surface area contributed by atoms with Crippen molar-refractivity contribution in [2.24, 2.45) is 0 Å². The normalized spacial score (nSPS) is 22.6. The van der Waals surface area contributed by atoms with Crippen LogP contribution < -0.4 is 4.90 Å². The van der Waals surface area contributed by atoms with Crippen molar-refractivity contribution in [3.8, 4) is 0 Å². The highest BCUT2D eigenvalue weighted by atomic mass is 32.2. The molecule has 0 N–H and O–H groups in total. The molecule has 6 nitrogen and oxygen atoms in total. The molecular formula is C18H18N2O4S. The van der Waals surface area contributed by atoms with Crippen LogP contribution in [0.3, 0.4) is 0 Å². The third kappa shape index (κ3) is 2.59. The number of para-hydroxylation sites is 1. The summed E-state index contributed by atoms with van der Waals surface area (Å²) in [5.74, 6) is 0.0668. The zero-order valence-corrected chi connectivity index (χ0v) is 14.4. The summed E-state index contributed by atoms with van der Waals surface area (Å²) in [7, 11) is -1.28. The fraction of sp³-hybridized carbons (Fsp3) is 0.333. The lowest BCUT2D eigenvalue weighted by Crippen LogP contribution is -2.56. The molecule has 4 rings (SSSR count). The number of anilines is 1. The molecule has 1 aromatic carbocycles. The monoisotopic (exact) mass is 358 g/mol. The van der Waals surface area contributed by atoms with Gasteiger partial charge in [0.1, 0.15) is 10.6 Å².